The largest absolute Gasteiger partial charge is 0.450 e. The van der Waals surface area contributed by atoms with Crippen LogP contribution in [0.2, 0.25) is 0 Å². The number of ketones is 1. The van der Waals surface area contributed by atoms with E-state index in [0.717, 1.165) is 39.0 Å². The zero-order chi connectivity index (χ0) is 14.0. The predicted molar refractivity (Wildman–Crippen MR) is 59.6 cm³/mol. The molecule has 19 heavy (non-hydrogen) atoms. The van der Waals surface area contributed by atoms with Crippen molar-refractivity contribution in [1.82, 2.24) is 10.1 Å². The second-order valence-corrected chi connectivity index (χ2v) is 4.91. The minimum absolute atomic E-state index is 0.138. The van der Waals surface area contributed by atoms with Gasteiger partial charge in [-0.25, -0.2) is 0 Å². The Balaban J connectivity index is 2.10. The van der Waals surface area contributed by atoms with Gasteiger partial charge in [0.15, 0.2) is 5.82 Å². The summed E-state index contributed by atoms with van der Waals surface area (Å²) in [6.45, 7) is 1.13. The molecule has 1 aliphatic rings. The van der Waals surface area contributed by atoms with Gasteiger partial charge in [0.05, 0.1) is 0 Å². The quantitative estimate of drug-likeness (QED) is 0.849. The van der Waals surface area contributed by atoms with E-state index in [-0.39, 0.29) is 11.8 Å². The molecule has 0 radical (unpaired) electrons. The number of Topliss-reactive ketones (excluding diaryl/α,β-unsaturated/α-hetero) is 1. The van der Waals surface area contributed by atoms with Crippen molar-refractivity contribution < 1.29 is 22.5 Å². The summed E-state index contributed by atoms with van der Waals surface area (Å²) < 4.78 is 41.7. The first kappa shape index (κ1) is 14.0. The summed E-state index contributed by atoms with van der Waals surface area (Å²) in [5.41, 5.74) is 0. The molecule has 0 bridgehead atoms. The van der Waals surface area contributed by atoms with E-state index in [1.54, 1.807) is 0 Å². The highest BCUT2D eigenvalue weighted by molar-refractivity contribution is 5.89. The molecular formula is C12H15F3N2O2. The van der Waals surface area contributed by atoms with Gasteiger partial charge in [0, 0.05) is 5.92 Å². The van der Waals surface area contributed by atoms with Gasteiger partial charge < -0.3 is 4.52 Å². The first-order chi connectivity index (χ1) is 8.89. The summed E-state index contributed by atoms with van der Waals surface area (Å²) >= 11 is 0. The van der Waals surface area contributed by atoms with Crippen molar-refractivity contribution in [2.45, 2.75) is 57.0 Å². The van der Waals surface area contributed by atoms with Gasteiger partial charge in [-0.15, -0.1) is 0 Å². The van der Waals surface area contributed by atoms with Crippen molar-refractivity contribution in [2.24, 2.45) is 0 Å². The molecule has 0 aliphatic heterocycles. The fourth-order valence-electron chi connectivity index (χ4n) is 2.31. The summed E-state index contributed by atoms with van der Waals surface area (Å²) in [4.78, 5) is 15.1. The smallest absolute Gasteiger partial charge is 0.339 e. The van der Waals surface area contributed by atoms with E-state index in [4.69, 9.17) is 4.52 Å². The maximum atomic E-state index is 12.3. The van der Waals surface area contributed by atoms with Crippen molar-refractivity contribution in [3.05, 3.63) is 11.7 Å². The second kappa shape index (κ2) is 5.30. The zero-order valence-corrected chi connectivity index (χ0v) is 10.5. The SMILES string of the molecule is CC(C(=O)C(F)(F)F)c1nc(C2CCCCC2)no1. The Morgan fingerprint density at radius 3 is 2.53 bits per heavy atom. The normalized spacial score (nSPS) is 19.4. The summed E-state index contributed by atoms with van der Waals surface area (Å²) in [5.74, 6) is -2.98. The number of carbonyl (C=O) groups excluding carboxylic acids is 1. The fraction of sp³-hybridized carbons (Fsp3) is 0.750. The van der Waals surface area contributed by atoms with Crippen molar-refractivity contribution in [3.63, 3.8) is 0 Å². The third-order valence-corrected chi connectivity index (χ3v) is 3.47. The van der Waals surface area contributed by atoms with Crippen LogP contribution in [-0.4, -0.2) is 22.1 Å². The van der Waals surface area contributed by atoms with Gasteiger partial charge in [-0.1, -0.05) is 24.4 Å². The molecule has 7 heteroatoms. The number of hydrogen-bond acceptors (Lipinski definition) is 4. The predicted octanol–water partition coefficient (Wildman–Crippen LogP) is 3.35. The number of nitrogens with zero attached hydrogens (tertiary/aromatic N) is 2. The minimum atomic E-state index is -4.88. The molecule has 2 rings (SSSR count). The van der Waals surface area contributed by atoms with E-state index >= 15 is 0 Å². The third-order valence-electron chi connectivity index (χ3n) is 3.47. The van der Waals surface area contributed by atoms with E-state index in [0.29, 0.717) is 5.82 Å². The van der Waals surface area contributed by atoms with Gasteiger partial charge >= 0.3 is 6.18 Å². The standard InChI is InChI=1S/C12H15F3N2O2/c1-7(9(18)12(13,14)15)11-16-10(17-19-11)8-5-3-2-4-6-8/h7-8H,2-6H2,1H3. The van der Waals surface area contributed by atoms with Crippen LogP contribution >= 0.6 is 0 Å². The average molecular weight is 276 g/mol. The molecule has 0 N–H and O–H groups in total. The number of hydrogen-bond donors (Lipinski definition) is 0. The molecule has 1 saturated carbocycles. The Bertz CT molecular complexity index is 450. The number of halogens is 3. The van der Waals surface area contributed by atoms with Crippen LogP contribution in [-0.2, 0) is 4.79 Å². The summed E-state index contributed by atoms with van der Waals surface area (Å²) in [5, 5.41) is 3.72. The number of aromatic nitrogens is 2. The van der Waals surface area contributed by atoms with Crippen molar-refractivity contribution >= 4 is 5.78 Å². The summed E-state index contributed by atoms with van der Waals surface area (Å²) in [6.07, 6.45) is 0.237. The van der Waals surface area contributed by atoms with Gasteiger partial charge in [0.2, 0.25) is 11.7 Å². The lowest BCUT2D eigenvalue weighted by atomic mass is 9.89. The van der Waals surface area contributed by atoms with Crippen LogP contribution in [0.3, 0.4) is 0 Å². The Hall–Kier alpha value is -1.40. The van der Waals surface area contributed by atoms with Gasteiger partial charge in [-0.3, -0.25) is 4.79 Å². The van der Waals surface area contributed by atoms with Crippen molar-refractivity contribution in [2.75, 3.05) is 0 Å². The Morgan fingerprint density at radius 2 is 1.95 bits per heavy atom. The second-order valence-electron chi connectivity index (χ2n) is 4.91. The third kappa shape index (κ3) is 3.13. The van der Waals surface area contributed by atoms with E-state index in [9.17, 15) is 18.0 Å². The first-order valence-corrected chi connectivity index (χ1v) is 6.34. The van der Waals surface area contributed by atoms with Gasteiger partial charge in [-0.05, 0) is 19.8 Å². The number of carbonyl (C=O) groups is 1. The maximum Gasteiger partial charge on any atom is 0.450 e. The van der Waals surface area contributed by atoms with Crippen LogP contribution in [0.4, 0.5) is 13.2 Å². The molecule has 1 unspecified atom stereocenters. The molecule has 0 spiro atoms. The molecule has 0 amide bonds. The Morgan fingerprint density at radius 1 is 1.32 bits per heavy atom. The van der Waals surface area contributed by atoms with E-state index in [2.05, 4.69) is 10.1 Å². The highest BCUT2D eigenvalue weighted by Gasteiger charge is 2.44. The molecule has 1 aromatic heterocycles. The van der Waals surface area contributed by atoms with Crippen LogP contribution in [0.1, 0.15) is 62.6 Å². The van der Waals surface area contributed by atoms with Gasteiger partial charge in [0.1, 0.15) is 5.92 Å². The molecule has 4 nitrogen and oxygen atoms in total. The molecule has 1 aliphatic carbocycles. The highest BCUT2D eigenvalue weighted by atomic mass is 19.4. The highest BCUT2D eigenvalue weighted by Crippen LogP contribution is 2.32. The average Bonchev–Trinajstić information content (AvgIpc) is 2.86. The Labute approximate surface area is 108 Å². The zero-order valence-electron chi connectivity index (χ0n) is 10.5. The maximum absolute atomic E-state index is 12.3. The molecule has 1 atom stereocenters. The molecule has 1 heterocycles. The van der Waals surface area contributed by atoms with E-state index in [1.165, 1.54) is 0 Å². The van der Waals surface area contributed by atoms with Crippen LogP contribution in [0.15, 0.2) is 4.52 Å². The van der Waals surface area contributed by atoms with Crippen molar-refractivity contribution in [3.8, 4) is 0 Å². The number of rotatable bonds is 3. The van der Waals surface area contributed by atoms with Crippen LogP contribution < -0.4 is 0 Å². The molecule has 1 fully saturated rings. The monoisotopic (exact) mass is 276 g/mol. The summed E-state index contributed by atoms with van der Waals surface area (Å²) in [7, 11) is 0. The lowest BCUT2D eigenvalue weighted by Crippen LogP contribution is -2.27. The number of alkyl halides is 3. The fourth-order valence-corrected chi connectivity index (χ4v) is 2.31. The van der Waals surface area contributed by atoms with Gasteiger partial charge in [0.25, 0.3) is 0 Å². The van der Waals surface area contributed by atoms with Crippen LogP contribution in [0.25, 0.3) is 0 Å². The molecule has 1 aromatic rings. The first-order valence-electron chi connectivity index (χ1n) is 6.34. The Kier molecular flexibility index (Phi) is 3.91. The molecule has 0 saturated heterocycles. The van der Waals surface area contributed by atoms with E-state index < -0.39 is 17.9 Å². The van der Waals surface area contributed by atoms with Crippen molar-refractivity contribution in [1.29, 1.82) is 0 Å². The molecule has 0 aromatic carbocycles. The van der Waals surface area contributed by atoms with Crippen LogP contribution in [0.5, 0.6) is 0 Å². The van der Waals surface area contributed by atoms with Crippen LogP contribution in [0, 0.1) is 0 Å². The topological polar surface area (TPSA) is 56.0 Å². The van der Waals surface area contributed by atoms with E-state index in [1.807, 2.05) is 0 Å². The lowest BCUT2D eigenvalue weighted by Gasteiger charge is -2.17. The molecular weight excluding hydrogens is 261 g/mol. The lowest BCUT2D eigenvalue weighted by molar-refractivity contribution is -0.172. The van der Waals surface area contributed by atoms with Gasteiger partial charge in [-0.2, -0.15) is 18.2 Å². The summed E-state index contributed by atoms with van der Waals surface area (Å²) in [6, 6.07) is 0. The minimum Gasteiger partial charge on any atom is -0.339 e. The molecule has 106 valence electrons.